The van der Waals surface area contributed by atoms with Crippen molar-refractivity contribution >= 4 is 11.6 Å². The molecule has 0 saturated heterocycles. The molecule has 2 rings (SSSR count). The zero-order valence-electron chi connectivity index (χ0n) is 6.02. The van der Waals surface area contributed by atoms with E-state index < -0.39 is 17.7 Å². The number of aliphatic hydroxyl groups is 1. The monoisotopic (exact) mass is 163 g/mol. The molecule has 1 unspecified atom stereocenters. The highest BCUT2D eigenvalue weighted by molar-refractivity contribution is 6.27. The van der Waals surface area contributed by atoms with Crippen molar-refractivity contribution < 1.29 is 14.7 Å². The van der Waals surface area contributed by atoms with Crippen LogP contribution in [-0.4, -0.2) is 27.8 Å². The van der Waals surface area contributed by atoms with Crippen molar-refractivity contribution in [2.75, 3.05) is 0 Å². The molecular weight excluding hydrogens is 158 g/mol. The lowest BCUT2D eigenvalue weighted by molar-refractivity contribution is 0.0661. The number of rotatable bonds is 0. The lowest BCUT2D eigenvalue weighted by Gasteiger charge is -1.91. The molecule has 1 aliphatic rings. The van der Waals surface area contributed by atoms with Gasteiger partial charge in [0.05, 0.1) is 5.56 Å². The Kier molecular flexibility index (Phi) is 1.31. The maximum absolute atomic E-state index is 11.1. The van der Waals surface area contributed by atoms with Gasteiger partial charge in [-0.05, 0) is 12.1 Å². The Balaban J connectivity index is 2.67. The minimum atomic E-state index is -1.53. The van der Waals surface area contributed by atoms with Gasteiger partial charge < -0.3 is 5.11 Å². The number of pyridine rings is 1. The molecule has 0 fully saturated rings. The van der Waals surface area contributed by atoms with Gasteiger partial charge in [-0.25, -0.2) is 0 Å². The molecule has 12 heavy (non-hydrogen) atoms. The molecular formula is C8H5NO3. The number of aliphatic hydroxyl groups excluding tert-OH is 1. The molecule has 1 aromatic rings. The highest BCUT2D eigenvalue weighted by Gasteiger charge is 2.37. The lowest BCUT2D eigenvalue weighted by Crippen LogP contribution is -2.20. The third kappa shape index (κ3) is 0.724. The van der Waals surface area contributed by atoms with Gasteiger partial charge >= 0.3 is 0 Å². The number of Topliss-reactive ketones (excluding diaryl/α,β-unsaturated/α-hetero) is 2. The fourth-order valence-electron chi connectivity index (χ4n) is 1.20. The summed E-state index contributed by atoms with van der Waals surface area (Å²) in [4.78, 5) is 25.9. The van der Waals surface area contributed by atoms with Crippen LogP contribution in [0.5, 0.6) is 0 Å². The summed E-state index contributed by atoms with van der Waals surface area (Å²) in [5, 5.41) is 9.05. The van der Waals surface area contributed by atoms with Crippen LogP contribution in [0.4, 0.5) is 0 Å². The molecule has 0 saturated carbocycles. The molecule has 4 heteroatoms. The summed E-state index contributed by atoms with van der Waals surface area (Å²) in [6.45, 7) is 0. The topological polar surface area (TPSA) is 67.3 Å². The Morgan fingerprint density at radius 3 is 2.75 bits per heavy atom. The minimum absolute atomic E-state index is 0.0787. The van der Waals surface area contributed by atoms with E-state index in [1.54, 1.807) is 6.07 Å². The molecule has 1 atom stereocenters. The zero-order chi connectivity index (χ0) is 8.72. The zero-order valence-corrected chi connectivity index (χ0v) is 6.02. The van der Waals surface area contributed by atoms with Crippen molar-refractivity contribution in [1.29, 1.82) is 0 Å². The van der Waals surface area contributed by atoms with E-state index in [-0.39, 0.29) is 11.3 Å². The van der Waals surface area contributed by atoms with Gasteiger partial charge in [0.25, 0.3) is 0 Å². The molecule has 0 spiro atoms. The van der Waals surface area contributed by atoms with Crippen molar-refractivity contribution in [3.63, 3.8) is 0 Å². The average Bonchev–Trinajstić information content (AvgIpc) is 2.33. The molecule has 0 amide bonds. The van der Waals surface area contributed by atoms with Crippen LogP contribution in [0.25, 0.3) is 0 Å². The second-order valence-corrected chi connectivity index (χ2v) is 2.53. The first kappa shape index (κ1) is 7.12. The second kappa shape index (κ2) is 2.22. The van der Waals surface area contributed by atoms with Crippen LogP contribution in [0.1, 0.15) is 20.8 Å². The number of hydrogen-bond donors (Lipinski definition) is 1. The molecule has 0 aliphatic heterocycles. The van der Waals surface area contributed by atoms with Gasteiger partial charge in [0.15, 0.2) is 6.10 Å². The summed E-state index contributed by atoms with van der Waals surface area (Å²) in [6.07, 6.45) is -0.114. The van der Waals surface area contributed by atoms with E-state index in [0.717, 1.165) is 0 Å². The Hall–Kier alpha value is -1.55. The summed E-state index contributed by atoms with van der Waals surface area (Å²) < 4.78 is 0. The number of nitrogens with zero attached hydrogens (tertiary/aromatic N) is 1. The molecule has 0 bridgehead atoms. The number of aromatic nitrogens is 1. The van der Waals surface area contributed by atoms with Crippen molar-refractivity contribution in [2.24, 2.45) is 0 Å². The molecule has 1 aromatic heterocycles. The summed E-state index contributed by atoms with van der Waals surface area (Å²) in [7, 11) is 0. The third-order valence-corrected chi connectivity index (χ3v) is 1.80. The average molecular weight is 163 g/mol. The number of carbonyl (C=O) groups is 2. The maximum atomic E-state index is 11.1. The normalized spacial score (nSPS) is 21.2. The van der Waals surface area contributed by atoms with Crippen LogP contribution >= 0.6 is 0 Å². The molecule has 0 radical (unpaired) electrons. The quantitative estimate of drug-likeness (QED) is 0.539. The minimum Gasteiger partial charge on any atom is -0.377 e. The molecule has 1 heterocycles. The van der Waals surface area contributed by atoms with Gasteiger partial charge in [-0.2, -0.15) is 0 Å². The Morgan fingerprint density at radius 2 is 2.08 bits per heavy atom. The van der Waals surface area contributed by atoms with Gasteiger partial charge in [0.2, 0.25) is 11.6 Å². The molecule has 0 aromatic carbocycles. The van der Waals surface area contributed by atoms with E-state index in [4.69, 9.17) is 5.11 Å². The van der Waals surface area contributed by atoms with Crippen molar-refractivity contribution in [1.82, 2.24) is 4.98 Å². The van der Waals surface area contributed by atoms with E-state index in [0.29, 0.717) is 0 Å². The number of carbonyl (C=O) groups excluding carboxylic acids is 2. The molecule has 60 valence electrons. The molecule has 1 N–H and O–H groups in total. The summed E-state index contributed by atoms with van der Waals surface area (Å²) >= 11 is 0. The predicted octanol–water partition coefficient (Wildman–Crippen LogP) is -0.179. The Morgan fingerprint density at radius 1 is 1.33 bits per heavy atom. The van der Waals surface area contributed by atoms with Crippen LogP contribution in [0.3, 0.4) is 0 Å². The summed E-state index contributed by atoms with van der Waals surface area (Å²) in [6, 6.07) is 3.04. The Bertz CT molecular complexity index is 337. The standard InChI is InChI=1S/C8H5NO3/c10-6-4-2-1-3-9-5(4)7(11)8(6)12/h1-3,8,12H. The van der Waals surface area contributed by atoms with Gasteiger partial charge in [0.1, 0.15) is 5.69 Å². The van der Waals surface area contributed by atoms with E-state index in [1.165, 1.54) is 12.3 Å². The van der Waals surface area contributed by atoms with Gasteiger partial charge in [-0.15, -0.1) is 0 Å². The Labute approximate surface area is 67.9 Å². The highest BCUT2D eigenvalue weighted by atomic mass is 16.3. The smallest absolute Gasteiger partial charge is 0.218 e. The highest BCUT2D eigenvalue weighted by Crippen LogP contribution is 2.19. The number of fused-ring (bicyclic) bond motifs is 1. The maximum Gasteiger partial charge on any atom is 0.218 e. The van der Waals surface area contributed by atoms with E-state index in [1.807, 2.05) is 0 Å². The van der Waals surface area contributed by atoms with Crippen molar-refractivity contribution in [3.8, 4) is 0 Å². The first-order chi connectivity index (χ1) is 5.72. The van der Waals surface area contributed by atoms with Crippen LogP contribution in [0, 0.1) is 0 Å². The summed E-state index contributed by atoms with van der Waals surface area (Å²) in [5.41, 5.74) is 0.296. The fraction of sp³-hybridized carbons (Fsp3) is 0.125. The number of ketones is 2. The lowest BCUT2D eigenvalue weighted by atomic mass is 10.2. The second-order valence-electron chi connectivity index (χ2n) is 2.53. The molecule has 1 aliphatic carbocycles. The van der Waals surface area contributed by atoms with E-state index >= 15 is 0 Å². The van der Waals surface area contributed by atoms with E-state index in [2.05, 4.69) is 4.98 Å². The van der Waals surface area contributed by atoms with Crippen LogP contribution in [0.2, 0.25) is 0 Å². The van der Waals surface area contributed by atoms with Crippen LogP contribution < -0.4 is 0 Å². The van der Waals surface area contributed by atoms with Crippen LogP contribution in [0.15, 0.2) is 18.3 Å². The third-order valence-electron chi connectivity index (χ3n) is 1.80. The predicted molar refractivity (Wildman–Crippen MR) is 38.9 cm³/mol. The fourth-order valence-corrected chi connectivity index (χ4v) is 1.20. The molecule has 4 nitrogen and oxygen atoms in total. The van der Waals surface area contributed by atoms with Gasteiger partial charge in [0, 0.05) is 6.20 Å². The summed E-state index contributed by atoms with van der Waals surface area (Å²) in [5.74, 6) is -1.15. The van der Waals surface area contributed by atoms with Crippen molar-refractivity contribution in [2.45, 2.75) is 6.10 Å². The first-order valence-electron chi connectivity index (χ1n) is 3.43. The van der Waals surface area contributed by atoms with Crippen LogP contribution in [-0.2, 0) is 0 Å². The van der Waals surface area contributed by atoms with E-state index in [9.17, 15) is 9.59 Å². The first-order valence-corrected chi connectivity index (χ1v) is 3.43. The van der Waals surface area contributed by atoms with Gasteiger partial charge in [-0.3, -0.25) is 14.6 Å². The SMILES string of the molecule is O=C1c2cccnc2C(=O)C1O. The largest absolute Gasteiger partial charge is 0.377 e. The van der Waals surface area contributed by atoms with Gasteiger partial charge in [-0.1, -0.05) is 0 Å². The van der Waals surface area contributed by atoms with Crippen molar-refractivity contribution in [3.05, 3.63) is 29.6 Å². The number of hydrogen-bond acceptors (Lipinski definition) is 4.